The third-order valence-electron chi connectivity index (χ3n) is 4.95. The van der Waals surface area contributed by atoms with Gasteiger partial charge in [-0.2, -0.15) is 17.0 Å². The molecule has 4 aliphatic rings. The van der Waals surface area contributed by atoms with Crippen molar-refractivity contribution in [2.75, 3.05) is 5.75 Å². The first-order chi connectivity index (χ1) is 8.26. The molecule has 3 heteroatoms. The van der Waals surface area contributed by atoms with Gasteiger partial charge >= 0.3 is 0 Å². The summed E-state index contributed by atoms with van der Waals surface area (Å²) in [5.41, 5.74) is 0. The molecule has 17 heavy (non-hydrogen) atoms. The van der Waals surface area contributed by atoms with Gasteiger partial charge in [0.1, 0.15) is 0 Å². The van der Waals surface area contributed by atoms with Gasteiger partial charge in [-0.15, -0.1) is 0 Å². The third kappa shape index (κ3) is 2.35. The highest BCUT2D eigenvalue weighted by molar-refractivity contribution is 8.00. The summed E-state index contributed by atoms with van der Waals surface area (Å²) >= 11 is 1.96. The van der Waals surface area contributed by atoms with E-state index >= 15 is 0 Å². The van der Waals surface area contributed by atoms with E-state index < -0.39 is 6.10 Å². The van der Waals surface area contributed by atoms with Crippen LogP contribution in [0.5, 0.6) is 0 Å². The normalized spacial score (nSPS) is 44.6. The molecule has 0 amide bonds. The van der Waals surface area contributed by atoms with Crippen LogP contribution >= 0.6 is 11.8 Å². The quantitative estimate of drug-likeness (QED) is 0.835. The number of hydrogen-bond donors (Lipinski definition) is 1. The molecule has 1 unspecified atom stereocenters. The maximum Gasteiger partial charge on any atom is 0.0760 e. The fourth-order valence-electron chi connectivity index (χ4n) is 4.53. The standard InChI is InChI=1S/C14H21NOS/c15-2-1-13(16)8-17-14-11-4-9-3-10(6-11)7-12(14)5-9/h9-14,16H,1,3-8H2. The number of rotatable bonds is 4. The molecule has 1 atom stereocenters. The summed E-state index contributed by atoms with van der Waals surface area (Å²) in [5, 5.41) is 19.0. The Balaban J connectivity index is 1.56. The van der Waals surface area contributed by atoms with Gasteiger partial charge in [0.15, 0.2) is 0 Å². The lowest BCUT2D eigenvalue weighted by atomic mass is 9.56. The van der Waals surface area contributed by atoms with E-state index in [2.05, 4.69) is 6.07 Å². The number of hydrogen-bond acceptors (Lipinski definition) is 3. The van der Waals surface area contributed by atoms with E-state index in [4.69, 9.17) is 5.26 Å². The SMILES string of the molecule is N#CCC(O)CSC1C2CC3CC(C2)CC1C3. The summed E-state index contributed by atoms with van der Waals surface area (Å²) in [5.74, 6) is 4.66. The second-order valence-corrected chi connectivity index (χ2v) is 7.46. The zero-order chi connectivity index (χ0) is 11.8. The van der Waals surface area contributed by atoms with E-state index in [0.29, 0.717) is 6.42 Å². The van der Waals surface area contributed by atoms with Gasteiger partial charge in [0, 0.05) is 11.0 Å². The highest BCUT2D eigenvalue weighted by Gasteiger charge is 2.48. The van der Waals surface area contributed by atoms with Crippen molar-refractivity contribution in [3.05, 3.63) is 0 Å². The molecule has 94 valence electrons. The number of thioether (sulfide) groups is 1. The molecule has 4 bridgehead atoms. The van der Waals surface area contributed by atoms with Gasteiger partial charge in [-0.1, -0.05) is 0 Å². The fraction of sp³-hybridized carbons (Fsp3) is 0.929. The summed E-state index contributed by atoms with van der Waals surface area (Å²) in [6.07, 6.45) is 7.15. The van der Waals surface area contributed by atoms with Gasteiger partial charge in [-0.05, 0) is 55.8 Å². The summed E-state index contributed by atoms with van der Waals surface area (Å²) in [7, 11) is 0. The van der Waals surface area contributed by atoms with Crippen molar-refractivity contribution < 1.29 is 5.11 Å². The molecule has 4 rings (SSSR count). The van der Waals surface area contributed by atoms with Crippen molar-refractivity contribution in [3.8, 4) is 6.07 Å². The molecular formula is C14H21NOS. The third-order valence-corrected chi connectivity index (χ3v) is 6.68. The Labute approximate surface area is 108 Å². The van der Waals surface area contributed by atoms with Crippen molar-refractivity contribution in [3.63, 3.8) is 0 Å². The average molecular weight is 251 g/mol. The van der Waals surface area contributed by atoms with Crippen LogP contribution < -0.4 is 0 Å². The van der Waals surface area contributed by atoms with E-state index in [0.717, 1.165) is 34.7 Å². The van der Waals surface area contributed by atoms with Crippen LogP contribution in [0.2, 0.25) is 0 Å². The predicted molar refractivity (Wildman–Crippen MR) is 69.5 cm³/mol. The van der Waals surface area contributed by atoms with Crippen LogP contribution in [-0.2, 0) is 0 Å². The molecule has 0 aromatic carbocycles. The van der Waals surface area contributed by atoms with Crippen molar-refractivity contribution in [1.82, 2.24) is 0 Å². The lowest BCUT2D eigenvalue weighted by molar-refractivity contribution is 0.0265. The molecule has 0 aliphatic heterocycles. The van der Waals surface area contributed by atoms with Crippen LogP contribution in [-0.4, -0.2) is 22.2 Å². The molecule has 4 aliphatic carbocycles. The summed E-state index contributed by atoms with van der Waals surface area (Å²) < 4.78 is 0. The Morgan fingerprint density at radius 3 is 2.24 bits per heavy atom. The van der Waals surface area contributed by atoms with Crippen molar-refractivity contribution >= 4 is 11.8 Å². The number of nitrogens with zero attached hydrogens (tertiary/aromatic N) is 1. The highest BCUT2D eigenvalue weighted by atomic mass is 32.2. The maximum atomic E-state index is 9.66. The molecule has 1 N–H and O–H groups in total. The molecule has 4 saturated carbocycles. The van der Waals surface area contributed by atoms with Crippen molar-refractivity contribution in [2.45, 2.75) is 49.9 Å². The first kappa shape index (κ1) is 11.9. The molecule has 0 aromatic rings. The lowest BCUT2D eigenvalue weighted by Gasteiger charge is -2.54. The minimum absolute atomic E-state index is 0.292. The fourth-order valence-corrected chi connectivity index (χ4v) is 6.08. The van der Waals surface area contributed by atoms with E-state index in [1.165, 1.54) is 32.1 Å². The van der Waals surface area contributed by atoms with Gasteiger partial charge in [0.25, 0.3) is 0 Å². The van der Waals surface area contributed by atoms with Crippen LogP contribution in [0.25, 0.3) is 0 Å². The van der Waals surface area contributed by atoms with Crippen LogP contribution in [0.3, 0.4) is 0 Å². The van der Waals surface area contributed by atoms with Crippen LogP contribution in [0.15, 0.2) is 0 Å². The Hall–Kier alpha value is -0.200. The second kappa shape index (κ2) is 4.82. The zero-order valence-corrected chi connectivity index (χ0v) is 11.0. The lowest BCUT2D eigenvalue weighted by Crippen LogP contribution is -2.47. The molecule has 0 saturated heterocycles. The van der Waals surface area contributed by atoms with E-state index in [-0.39, 0.29) is 0 Å². The minimum atomic E-state index is -0.415. The van der Waals surface area contributed by atoms with Crippen LogP contribution in [0.4, 0.5) is 0 Å². The zero-order valence-electron chi connectivity index (χ0n) is 10.2. The maximum absolute atomic E-state index is 9.66. The van der Waals surface area contributed by atoms with E-state index in [1.54, 1.807) is 0 Å². The highest BCUT2D eigenvalue weighted by Crippen LogP contribution is 2.57. The largest absolute Gasteiger partial charge is 0.391 e. The number of nitriles is 1. The van der Waals surface area contributed by atoms with E-state index in [1.807, 2.05) is 11.8 Å². The monoisotopic (exact) mass is 251 g/mol. The average Bonchev–Trinajstić information content (AvgIpc) is 2.27. The molecule has 0 radical (unpaired) electrons. The first-order valence-corrected chi connectivity index (χ1v) is 7.97. The van der Waals surface area contributed by atoms with E-state index in [9.17, 15) is 5.11 Å². The molecular weight excluding hydrogens is 230 g/mol. The Morgan fingerprint density at radius 1 is 1.12 bits per heavy atom. The van der Waals surface area contributed by atoms with Crippen LogP contribution in [0.1, 0.15) is 38.5 Å². The predicted octanol–water partition coefficient (Wildman–Crippen LogP) is 2.82. The van der Waals surface area contributed by atoms with Crippen molar-refractivity contribution in [2.24, 2.45) is 23.7 Å². The van der Waals surface area contributed by atoms with Crippen LogP contribution in [0, 0.1) is 35.0 Å². The summed E-state index contributed by atoms with van der Waals surface area (Å²) in [4.78, 5) is 0. The Bertz CT molecular complexity index is 297. The summed E-state index contributed by atoms with van der Waals surface area (Å²) in [6, 6.07) is 2.06. The topological polar surface area (TPSA) is 44.0 Å². The second-order valence-electron chi connectivity index (χ2n) is 6.24. The van der Waals surface area contributed by atoms with Gasteiger partial charge in [0.05, 0.1) is 18.6 Å². The molecule has 2 nitrogen and oxygen atoms in total. The first-order valence-electron chi connectivity index (χ1n) is 6.93. The smallest absolute Gasteiger partial charge is 0.0760 e. The number of aliphatic hydroxyl groups is 1. The molecule has 0 spiro atoms. The van der Waals surface area contributed by atoms with Gasteiger partial charge < -0.3 is 5.11 Å². The molecule has 4 fully saturated rings. The van der Waals surface area contributed by atoms with Gasteiger partial charge in [-0.3, -0.25) is 0 Å². The summed E-state index contributed by atoms with van der Waals surface area (Å²) in [6.45, 7) is 0. The Kier molecular flexibility index (Phi) is 3.36. The molecule has 0 heterocycles. The minimum Gasteiger partial charge on any atom is -0.391 e. The Morgan fingerprint density at radius 2 is 1.71 bits per heavy atom. The van der Waals surface area contributed by atoms with Crippen molar-refractivity contribution in [1.29, 1.82) is 5.26 Å². The van der Waals surface area contributed by atoms with Gasteiger partial charge in [0.2, 0.25) is 0 Å². The number of aliphatic hydroxyl groups excluding tert-OH is 1. The molecule has 0 aromatic heterocycles. The van der Waals surface area contributed by atoms with Gasteiger partial charge in [-0.25, -0.2) is 0 Å².